The molecule has 1 fully saturated rings. The van der Waals surface area contributed by atoms with E-state index in [0.717, 1.165) is 61.6 Å². The Balaban J connectivity index is 0.000000858. The summed E-state index contributed by atoms with van der Waals surface area (Å²) in [6.45, 7) is 4.49. The molecule has 1 aliphatic rings. The van der Waals surface area contributed by atoms with Crippen LogP contribution in [-0.4, -0.2) is 66.3 Å². The number of aryl methyl sites for hydroxylation is 1. The summed E-state index contributed by atoms with van der Waals surface area (Å²) < 4.78 is 13.1. The molecule has 0 amide bonds. The molecule has 0 spiro atoms. The van der Waals surface area contributed by atoms with E-state index in [1.807, 2.05) is 24.4 Å². The zero-order chi connectivity index (χ0) is 22.1. The monoisotopic (exact) mass is 429 g/mol. The second-order valence-corrected chi connectivity index (χ2v) is 6.92. The minimum atomic E-state index is 0.265. The summed E-state index contributed by atoms with van der Waals surface area (Å²) in [4.78, 5) is 11.0. The molecule has 0 saturated carbocycles. The second-order valence-electron chi connectivity index (χ2n) is 6.92. The minimum Gasteiger partial charge on any atom is -0.493 e. The van der Waals surface area contributed by atoms with Crippen molar-refractivity contribution in [2.24, 2.45) is 12.9 Å². The number of hydrogen-bond donors (Lipinski definition) is 4. The molecular weight excluding hydrogens is 398 g/mol. The maximum absolute atomic E-state index is 6.06. The first-order chi connectivity index (χ1) is 15.1. The highest BCUT2D eigenvalue weighted by molar-refractivity contribution is 5.96. The average Bonchev–Trinajstić information content (AvgIpc) is 3.11. The van der Waals surface area contributed by atoms with Gasteiger partial charge in [-0.3, -0.25) is 11.3 Å². The third-order valence-electron chi connectivity index (χ3n) is 4.70. The van der Waals surface area contributed by atoms with Gasteiger partial charge in [0, 0.05) is 43.7 Å². The molecule has 168 valence electrons. The molecule has 6 N–H and O–H groups in total. The van der Waals surface area contributed by atoms with Crippen LogP contribution in [0.1, 0.15) is 6.42 Å². The van der Waals surface area contributed by atoms with Crippen molar-refractivity contribution >= 4 is 28.5 Å². The zero-order valence-corrected chi connectivity index (χ0v) is 18.0. The number of fused-ring (bicyclic) bond motifs is 1. The average molecular weight is 430 g/mol. The van der Waals surface area contributed by atoms with Crippen molar-refractivity contribution in [3.8, 4) is 5.75 Å². The van der Waals surface area contributed by atoms with Crippen LogP contribution in [0.3, 0.4) is 0 Å². The van der Waals surface area contributed by atoms with Crippen molar-refractivity contribution in [1.29, 1.82) is 0 Å². The summed E-state index contributed by atoms with van der Waals surface area (Å²) in [5, 5.41) is 9.40. The van der Waals surface area contributed by atoms with Gasteiger partial charge >= 0.3 is 0 Å². The first kappa shape index (κ1) is 22.5. The topological polar surface area (TPSA) is 141 Å². The number of anilines is 3. The van der Waals surface area contributed by atoms with Gasteiger partial charge in [-0.1, -0.05) is 12.1 Å². The van der Waals surface area contributed by atoms with Gasteiger partial charge in [0.1, 0.15) is 11.6 Å². The van der Waals surface area contributed by atoms with Crippen molar-refractivity contribution in [1.82, 2.24) is 25.2 Å². The van der Waals surface area contributed by atoms with Crippen LogP contribution in [0.4, 0.5) is 17.7 Å². The lowest BCUT2D eigenvalue weighted by molar-refractivity contribution is 0.122. The van der Waals surface area contributed by atoms with Gasteiger partial charge in [0.15, 0.2) is 0 Å². The lowest BCUT2D eigenvalue weighted by Gasteiger charge is -2.28. The van der Waals surface area contributed by atoms with Crippen molar-refractivity contribution in [2.75, 3.05) is 62.5 Å². The lowest BCUT2D eigenvalue weighted by atomic mass is 10.1. The highest BCUT2D eigenvalue weighted by Gasteiger charge is 2.16. The number of morpholine rings is 1. The molecule has 11 heteroatoms. The van der Waals surface area contributed by atoms with Gasteiger partial charge in [-0.25, -0.2) is 9.67 Å². The predicted octanol–water partition coefficient (Wildman–Crippen LogP) is 0.743. The number of nitrogen functional groups attached to an aromatic ring is 1. The number of ether oxygens (including phenoxy) is 2. The Hall–Kier alpha value is -3.15. The molecule has 3 aromatic rings. The number of nitrogens with one attached hydrogen (secondary N) is 2. The van der Waals surface area contributed by atoms with E-state index >= 15 is 0 Å². The largest absolute Gasteiger partial charge is 0.493 e. The Morgan fingerprint density at radius 1 is 1.19 bits per heavy atom. The maximum atomic E-state index is 6.06. The number of aromatic nitrogens is 4. The van der Waals surface area contributed by atoms with Gasteiger partial charge < -0.3 is 25.4 Å². The molecule has 0 bridgehead atoms. The van der Waals surface area contributed by atoms with Gasteiger partial charge in [-0.05, 0) is 25.6 Å². The molecule has 1 aromatic carbocycles. The second kappa shape index (κ2) is 11.3. The molecule has 1 aliphatic heterocycles. The SMILES string of the molecule is CNN.Cn1nc(N)nc1NCCCOc1cccc2c(N3CCOCC3)nccc12. The smallest absolute Gasteiger partial charge is 0.241 e. The summed E-state index contributed by atoms with van der Waals surface area (Å²) in [7, 11) is 3.46. The van der Waals surface area contributed by atoms with Crippen LogP contribution in [0, 0.1) is 0 Å². The number of hydrazine groups is 1. The molecule has 0 radical (unpaired) electrons. The third-order valence-corrected chi connectivity index (χ3v) is 4.70. The molecule has 2 aromatic heterocycles. The van der Waals surface area contributed by atoms with Crippen LogP contribution in [0.5, 0.6) is 5.75 Å². The molecule has 31 heavy (non-hydrogen) atoms. The highest BCUT2D eigenvalue weighted by Crippen LogP contribution is 2.31. The van der Waals surface area contributed by atoms with Gasteiger partial charge in [0.05, 0.1) is 19.8 Å². The standard InChI is InChI=1S/C19H25N7O2.CH6N2/c1-25-19(23-18(20)24-25)22-7-3-11-28-16-5-2-4-15-14(16)6-8-21-17(15)26-9-12-27-13-10-26;1-3-2/h2,4-6,8H,3,7,9-13H2,1H3,(H3,20,22,23,24);3H,2H2,1H3. The maximum Gasteiger partial charge on any atom is 0.241 e. The van der Waals surface area contributed by atoms with E-state index in [1.54, 1.807) is 18.8 Å². The van der Waals surface area contributed by atoms with E-state index < -0.39 is 0 Å². The Bertz CT molecular complexity index is 957. The zero-order valence-electron chi connectivity index (χ0n) is 18.0. The van der Waals surface area contributed by atoms with Gasteiger partial charge in [0.2, 0.25) is 11.9 Å². The molecule has 3 heterocycles. The first-order valence-electron chi connectivity index (χ1n) is 10.2. The molecule has 0 unspecified atom stereocenters. The number of benzene rings is 1. The Morgan fingerprint density at radius 3 is 2.68 bits per heavy atom. The summed E-state index contributed by atoms with van der Waals surface area (Å²) in [5.74, 6) is 7.38. The van der Waals surface area contributed by atoms with Gasteiger partial charge in [0.25, 0.3) is 0 Å². The third kappa shape index (κ3) is 5.94. The van der Waals surface area contributed by atoms with Crippen molar-refractivity contribution < 1.29 is 9.47 Å². The molecule has 1 saturated heterocycles. The fourth-order valence-electron chi connectivity index (χ4n) is 3.33. The number of nitrogens with zero attached hydrogens (tertiary/aromatic N) is 5. The molecule has 11 nitrogen and oxygen atoms in total. The van der Waals surface area contributed by atoms with Crippen molar-refractivity contribution in [2.45, 2.75) is 6.42 Å². The number of pyridine rings is 1. The van der Waals surface area contributed by atoms with Crippen molar-refractivity contribution in [3.05, 3.63) is 30.5 Å². The van der Waals surface area contributed by atoms with Gasteiger partial charge in [-0.2, -0.15) is 4.98 Å². The fraction of sp³-hybridized carbons (Fsp3) is 0.450. The summed E-state index contributed by atoms with van der Waals surface area (Å²) >= 11 is 0. The predicted molar refractivity (Wildman–Crippen MR) is 122 cm³/mol. The normalized spacial score (nSPS) is 13.6. The van der Waals surface area contributed by atoms with E-state index in [9.17, 15) is 0 Å². The number of hydrogen-bond acceptors (Lipinski definition) is 10. The summed E-state index contributed by atoms with van der Waals surface area (Å²) in [6.07, 6.45) is 2.67. The quantitative estimate of drug-likeness (QED) is 0.241. The minimum absolute atomic E-state index is 0.265. The molecule has 4 rings (SSSR count). The Morgan fingerprint density at radius 2 is 1.97 bits per heavy atom. The summed E-state index contributed by atoms with van der Waals surface area (Å²) in [6, 6.07) is 8.13. The lowest BCUT2D eigenvalue weighted by Crippen LogP contribution is -2.36. The first-order valence-corrected chi connectivity index (χ1v) is 10.2. The summed E-state index contributed by atoms with van der Waals surface area (Å²) in [5.41, 5.74) is 7.83. The molecule has 0 atom stereocenters. The fourth-order valence-corrected chi connectivity index (χ4v) is 3.33. The van der Waals surface area contributed by atoms with Crippen LogP contribution < -0.4 is 32.0 Å². The Kier molecular flexibility index (Phi) is 8.21. The van der Waals surface area contributed by atoms with Gasteiger partial charge in [-0.15, -0.1) is 5.10 Å². The van der Waals surface area contributed by atoms with Crippen LogP contribution in [0.15, 0.2) is 30.5 Å². The van der Waals surface area contributed by atoms with E-state index in [-0.39, 0.29) is 5.95 Å². The molecule has 0 aliphatic carbocycles. The van der Waals surface area contributed by atoms with E-state index in [2.05, 4.69) is 42.6 Å². The Labute approximate surface area is 181 Å². The van der Waals surface area contributed by atoms with E-state index in [4.69, 9.17) is 15.2 Å². The van der Waals surface area contributed by atoms with Crippen molar-refractivity contribution in [3.63, 3.8) is 0 Å². The van der Waals surface area contributed by atoms with Crippen LogP contribution in [0.2, 0.25) is 0 Å². The molecular formula is C20H31N9O2. The highest BCUT2D eigenvalue weighted by atomic mass is 16.5. The van der Waals surface area contributed by atoms with Crippen LogP contribution in [0.25, 0.3) is 10.8 Å². The van der Waals surface area contributed by atoms with Crippen LogP contribution in [-0.2, 0) is 11.8 Å². The van der Waals surface area contributed by atoms with Crippen LogP contribution >= 0.6 is 0 Å². The van der Waals surface area contributed by atoms with E-state index in [1.165, 1.54) is 0 Å². The number of rotatable bonds is 7. The number of nitrogens with two attached hydrogens (primary N) is 2. The van der Waals surface area contributed by atoms with E-state index in [0.29, 0.717) is 12.6 Å².